The summed E-state index contributed by atoms with van der Waals surface area (Å²) < 4.78 is 8.64. The van der Waals surface area contributed by atoms with Crippen molar-refractivity contribution in [2.45, 2.75) is 26.2 Å². The Hall–Kier alpha value is -5.07. The third-order valence-corrected chi connectivity index (χ3v) is 7.76. The van der Waals surface area contributed by atoms with Gasteiger partial charge in [0.1, 0.15) is 17.3 Å². The van der Waals surface area contributed by atoms with Gasteiger partial charge in [0.05, 0.1) is 22.4 Å². The zero-order valence-electron chi connectivity index (χ0n) is 24.2. The summed E-state index contributed by atoms with van der Waals surface area (Å²) >= 11 is 0. The number of hydrogen-bond acceptors (Lipinski definition) is 5. The van der Waals surface area contributed by atoms with Gasteiger partial charge in [0, 0.05) is 47.9 Å². The van der Waals surface area contributed by atoms with Crippen LogP contribution in [0.25, 0.3) is 33.3 Å². The van der Waals surface area contributed by atoms with Crippen molar-refractivity contribution in [2.24, 2.45) is 0 Å². The molecule has 0 fully saturated rings. The monoisotopic (exact) mass is 551 g/mol. The molecule has 0 spiro atoms. The lowest BCUT2D eigenvalue weighted by Crippen LogP contribution is -2.38. The lowest BCUT2D eigenvalue weighted by molar-refractivity contribution is 0.307. The summed E-state index contributed by atoms with van der Waals surface area (Å²) in [6.45, 7) is 6.70. The minimum Gasteiger partial charge on any atom is -0.457 e. The molecule has 0 saturated heterocycles. The molecule has 0 amide bonds. The van der Waals surface area contributed by atoms with Gasteiger partial charge in [0.25, 0.3) is 0 Å². The zero-order valence-corrected chi connectivity index (χ0v) is 24.2. The van der Waals surface area contributed by atoms with Crippen LogP contribution in [-0.2, 0) is 5.41 Å². The summed E-state index contributed by atoms with van der Waals surface area (Å²) in [6, 6.07) is 37.6. The van der Waals surface area contributed by atoms with E-state index in [2.05, 4.69) is 120 Å². The molecule has 0 atom stereocenters. The Bertz CT molecular complexity index is 1930. The highest BCUT2D eigenvalue weighted by atomic mass is 16.5. The van der Waals surface area contributed by atoms with Gasteiger partial charge < -0.3 is 4.74 Å². The van der Waals surface area contributed by atoms with Gasteiger partial charge in [-0.2, -0.15) is 0 Å². The highest BCUT2D eigenvalue weighted by molar-refractivity contribution is 6.09. The van der Waals surface area contributed by atoms with E-state index in [0.29, 0.717) is 0 Å². The van der Waals surface area contributed by atoms with Crippen LogP contribution in [0.5, 0.6) is 11.5 Å². The first-order valence-corrected chi connectivity index (χ1v) is 14.2. The zero-order chi connectivity index (χ0) is 28.8. The van der Waals surface area contributed by atoms with Gasteiger partial charge >= 0.3 is 0 Å². The Balaban J connectivity index is 1.19. The van der Waals surface area contributed by atoms with Crippen LogP contribution >= 0.6 is 0 Å². The summed E-state index contributed by atoms with van der Waals surface area (Å²) in [5.41, 5.74) is 10.3. The van der Waals surface area contributed by atoms with Crippen molar-refractivity contribution in [1.29, 1.82) is 0 Å². The first-order chi connectivity index (χ1) is 20.3. The van der Waals surface area contributed by atoms with Crippen molar-refractivity contribution in [1.82, 2.24) is 20.1 Å². The predicted molar refractivity (Wildman–Crippen MR) is 172 cm³/mol. The average Bonchev–Trinajstić information content (AvgIpc) is 3.55. The SMILES string of the molecule is CN1NC(c2ccc(C(C)(C)C)cc2)=CN1c1cccc(Oc2ccc3c4ccccc4n(-c4ccccn4)c3c2)c1. The summed E-state index contributed by atoms with van der Waals surface area (Å²) in [6.07, 6.45) is 3.94. The van der Waals surface area contributed by atoms with E-state index in [0.717, 1.165) is 50.7 Å². The third-order valence-electron chi connectivity index (χ3n) is 7.76. The first-order valence-electron chi connectivity index (χ1n) is 14.2. The van der Waals surface area contributed by atoms with Crippen molar-refractivity contribution >= 4 is 33.2 Å². The van der Waals surface area contributed by atoms with Crippen molar-refractivity contribution in [3.63, 3.8) is 0 Å². The molecule has 4 aromatic carbocycles. The van der Waals surface area contributed by atoms with Crippen LogP contribution in [0.3, 0.4) is 0 Å². The largest absolute Gasteiger partial charge is 0.457 e. The third kappa shape index (κ3) is 4.66. The van der Waals surface area contributed by atoms with E-state index in [9.17, 15) is 0 Å². The Morgan fingerprint density at radius 2 is 1.48 bits per heavy atom. The van der Waals surface area contributed by atoms with Gasteiger partial charge in [-0.1, -0.05) is 75.4 Å². The van der Waals surface area contributed by atoms with Crippen molar-refractivity contribution in [2.75, 3.05) is 12.1 Å². The quantitative estimate of drug-likeness (QED) is 0.233. The van der Waals surface area contributed by atoms with E-state index in [4.69, 9.17) is 4.74 Å². The van der Waals surface area contributed by atoms with Crippen LogP contribution < -0.4 is 15.2 Å². The molecular weight excluding hydrogens is 518 g/mol. The predicted octanol–water partition coefficient (Wildman–Crippen LogP) is 8.44. The molecule has 6 aromatic rings. The molecule has 1 N–H and O–H groups in total. The highest BCUT2D eigenvalue weighted by Crippen LogP contribution is 2.36. The van der Waals surface area contributed by atoms with Crippen LogP contribution in [0.15, 0.2) is 122 Å². The second-order valence-electron chi connectivity index (χ2n) is 11.7. The number of nitrogens with one attached hydrogen (secondary N) is 1. The molecule has 3 heterocycles. The van der Waals surface area contributed by atoms with Crippen LogP contribution in [-0.4, -0.2) is 21.7 Å². The Morgan fingerprint density at radius 1 is 0.714 bits per heavy atom. The molecule has 7 rings (SSSR count). The Morgan fingerprint density at radius 3 is 2.26 bits per heavy atom. The molecule has 42 heavy (non-hydrogen) atoms. The molecule has 6 heteroatoms. The molecule has 0 aliphatic carbocycles. The summed E-state index contributed by atoms with van der Waals surface area (Å²) in [5, 5.41) is 6.41. The Labute approximate surface area is 246 Å². The topological polar surface area (TPSA) is 45.6 Å². The molecule has 6 nitrogen and oxygen atoms in total. The number of para-hydroxylation sites is 1. The lowest BCUT2D eigenvalue weighted by Gasteiger charge is -2.25. The number of benzene rings is 4. The molecule has 0 bridgehead atoms. The standard InChI is InChI=1S/C36H33N5O/c1-36(2,3)26-17-15-25(16-18-26)32-24-40(39(4)38-32)27-10-9-11-28(22-27)42-29-19-20-31-30-12-5-6-13-33(30)41(34(31)23-29)35-14-7-8-21-37-35/h5-24,38H,1-4H3. The number of hydrazine groups is 2. The van der Waals surface area contributed by atoms with Crippen LogP contribution in [0.1, 0.15) is 31.9 Å². The first kappa shape index (κ1) is 25.9. The minimum atomic E-state index is 0.124. The molecule has 2 aromatic heterocycles. The van der Waals surface area contributed by atoms with E-state index in [-0.39, 0.29) is 5.41 Å². The summed E-state index contributed by atoms with van der Waals surface area (Å²) in [5.74, 6) is 2.41. The molecule has 0 saturated carbocycles. The lowest BCUT2D eigenvalue weighted by atomic mass is 9.86. The van der Waals surface area contributed by atoms with Crippen molar-refractivity contribution < 1.29 is 4.74 Å². The van der Waals surface area contributed by atoms with Gasteiger partial charge in [-0.05, 0) is 53.4 Å². The van der Waals surface area contributed by atoms with E-state index in [1.54, 1.807) is 0 Å². The minimum absolute atomic E-state index is 0.124. The second-order valence-corrected chi connectivity index (χ2v) is 11.7. The fourth-order valence-electron chi connectivity index (χ4n) is 5.57. The fourth-order valence-corrected chi connectivity index (χ4v) is 5.57. The summed E-state index contributed by atoms with van der Waals surface area (Å²) in [7, 11) is 2.00. The van der Waals surface area contributed by atoms with Crippen LogP contribution in [0.2, 0.25) is 0 Å². The number of hydrogen-bond donors (Lipinski definition) is 1. The maximum atomic E-state index is 6.45. The second kappa shape index (κ2) is 10.1. The smallest absolute Gasteiger partial charge is 0.137 e. The van der Waals surface area contributed by atoms with Gasteiger partial charge in [-0.3, -0.25) is 15.0 Å². The van der Waals surface area contributed by atoms with Crippen LogP contribution in [0, 0.1) is 0 Å². The number of ether oxygens (including phenoxy) is 1. The maximum absolute atomic E-state index is 6.45. The number of pyridine rings is 1. The highest BCUT2D eigenvalue weighted by Gasteiger charge is 2.22. The van der Waals surface area contributed by atoms with E-state index < -0.39 is 0 Å². The van der Waals surface area contributed by atoms with Gasteiger partial charge in [-0.25, -0.2) is 4.98 Å². The van der Waals surface area contributed by atoms with Gasteiger partial charge in [0.15, 0.2) is 0 Å². The van der Waals surface area contributed by atoms with Crippen molar-refractivity contribution in [3.8, 4) is 17.3 Å². The number of nitrogens with zero attached hydrogens (tertiary/aromatic N) is 4. The van der Waals surface area contributed by atoms with Crippen molar-refractivity contribution in [3.05, 3.63) is 133 Å². The summed E-state index contributed by atoms with van der Waals surface area (Å²) in [4.78, 5) is 4.64. The molecular formula is C36H33N5O. The molecule has 208 valence electrons. The Kier molecular flexibility index (Phi) is 6.21. The molecule has 1 aliphatic rings. The number of fused-ring (bicyclic) bond motifs is 3. The van der Waals surface area contributed by atoms with Crippen LogP contribution in [0.4, 0.5) is 5.69 Å². The maximum Gasteiger partial charge on any atom is 0.137 e. The number of rotatable bonds is 5. The normalized spacial score (nSPS) is 13.9. The average molecular weight is 552 g/mol. The van der Waals surface area contributed by atoms with E-state index in [1.807, 2.05) is 54.8 Å². The molecule has 0 unspecified atom stereocenters. The van der Waals surface area contributed by atoms with E-state index in [1.165, 1.54) is 10.9 Å². The fraction of sp³-hybridized carbons (Fsp3) is 0.139. The number of anilines is 1. The van der Waals surface area contributed by atoms with E-state index >= 15 is 0 Å². The van der Waals surface area contributed by atoms with Gasteiger partial charge in [0.2, 0.25) is 0 Å². The molecule has 1 aliphatic heterocycles. The number of aromatic nitrogens is 2. The van der Waals surface area contributed by atoms with Gasteiger partial charge in [-0.15, -0.1) is 5.12 Å². The molecule has 0 radical (unpaired) electrons.